The standard InChI is InChI=1S/C16H22N4O2S/c1-10(2)17-16(23)19-18-15(22)12-8-14(21)20(9-12)13-6-4-11(3)5-7-13/h4-7,10,12H,8-9H2,1-3H3,(H,18,22)(H2,17,19,23). The molecular weight excluding hydrogens is 312 g/mol. The number of nitrogens with zero attached hydrogens (tertiary/aromatic N) is 1. The number of amides is 2. The molecule has 23 heavy (non-hydrogen) atoms. The predicted octanol–water partition coefficient (Wildman–Crippen LogP) is 1.25. The van der Waals surface area contributed by atoms with Crippen molar-refractivity contribution < 1.29 is 9.59 Å². The monoisotopic (exact) mass is 334 g/mol. The summed E-state index contributed by atoms with van der Waals surface area (Å²) >= 11 is 5.04. The minimum absolute atomic E-state index is 0.0446. The van der Waals surface area contributed by atoms with Crippen LogP contribution in [0.4, 0.5) is 5.69 Å². The molecule has 2 amide bonds. The van der Waals surface area contributed by atoms with Gasteiger partial charge in [0.05, 0.1) is 5.92 Å². The van der Waals surface area contributed by atoms with Crippen LogP contribution in [0.2, 0.25) is 0 Å². The maximum atomic E-state index is 12.2. The first-order chi connectivity index (χ1) is 10.9. The molecule has 1 aromatic carbocycles. The second-order valence-corrected chi connectivity index (χ2v) is 6.39. The van der Waals surface area contributed by atoms with Gasteiger partial charge in [0.15, 0.2) is 5.11 Å². The Balaban J connectivity index is 1.90. The SMILES string of the molecule is Cc1ccc(N2CC(C(=O)NNC(=S)NC(C)C)CC2=O)cc1. The summed E-state index contributed by atoms with van der Waals surface area (Å²) in [4.78, 5) is 26.0. The Labute approximate surface area is 141 Å². The van der Waals surface area contributed by atoms with E-state index in [1.165, 1.54) is 0 Å². The third-order valence-corrected chi connectivity index (χ3v) is 3.78. The van der Waals surface area contributed by atoms with Gasteiger partial charge in [0.25, 0.3) is 0 Å². The normalized spacial score (nSPS) is 17.3. The van der Waals surface area contributed by atoms with E-state index < -0.39 is 5.92 Å². The average Bonchev–Trinajstić information content (AvgIpc) is 2.87. The van der Waals surface area contributed by atoms with E-state index in [1.807, 2.05) is 45.0 Å². The van der Waals surface area contributed by atoms with Crippen molar-refractivity contribution in [1.29, 1.82) is 0 Å². The number of carbonyl (C=O) groups is 2. The Kier molecular flexibility index (Phi) is 5.54. The lowest BCUT2D eigenvalue weighted by molar-refractivity contribution is -0.126. The zero-order valence-electron chi connectivity index (χ0n) is 13.6. The molecular formula is C16H22N4O2S. The molecule has 0 radical (unpaired) electrons. The van der Waals surface area contributed by atoms with E-state index in [0.717, 1.165) is 11.3 Å². The minimum Gasteiger partial charge on any atom is -0.359 e. The van der Waals surface area contributed by atoms with Crippen LogP contribution in [0.5, 0.6) is 0 Å². The highest BCUT2D eigenvalue weighted by Crippen LogP contribution is 2.25. The molecule has 0 bridgehead atoms. The van der Waals surface area contributed by atoms with E-state index in [0.29, 0.717) is 11.7 Å². The van der Waals surface area contributed by atoms with Gasteiger partial charge in [0.1, 0.15) is 0 Å². The van der Waals surface area contributed by atoms with E-state index in [4.69, 9.17) is 12.2 Å². The van der Waals surface area contributed by atoms with Crippen molar-refractivity contribution in [2.45, 2.75) is 33.2 Å². The fraction of sp³-hybridized carbons (Fsp3) is 0.438. The quantitative estimate of drug-likeness (QED) is 0.573. The van der Waals surface area contributed by atoms with Crippen molar-refractivity contribution >= 4 is 34.8 Å². The molecule has 0 aromatic heterocycles. The topological polar surface area (TPSA) is 73.5 Å². The summed E-state index contributed by atoms with van der Waals surface area (Å²) < 4.78 is 0. The number of hydrogen-bond donors (Lipinski definition) is 3. The number of anilines is 1. The lowest BCUT2D eigenvalue weighted by Gasteiger charge is -2.18. The van der Waals surface area contributed by atoms with E-state index in [9.17, 15) is 9.59 Å². The zero-order chi connectivity index (χ0) is 17.0. The maximum Gasteiger partial charge on any atom is 0.243 e. The van der Waals surface area contributed by atoms with Crippen molar-refractivity contribution in [2.75, 3.05) is 11.4 Å². The summed E-state index contributed by atoms with van der Waals surface area (Å²) in [5.74, 6) is -0.670. The van der Waals surface area contributed by atoms with Gasteiger partial charge >= 0.3 is 0 Å². The lowest BCUT2D eigenvalue weighted by atomic mass is 10.1. The fourth-order valence-electron chi connectivity index (χ4n) is 2.38. The fourth-order valence-corrected chi connectivity index (χ4v) is 2.66. The molecule has 1 heterocycles. The summed E-state index contributed by atoms with van der Waals surface area (Å²) in [6.07, 6.45) is 0.200. The second-order valence-electron chi connectivity index (χ2n) is 5.98. The van der Waals surface area contributed by atoms with E-state index >= 15 is 0 Å². The number of carbonyl (C=O) groups excluding carboxylic acids is 2. The highest BCUT2D eigenvalue weighted by Gasteiger charge is 2.35. The molecule has 1 aliphatic rings. The predicted molar refractivity (Wildman–Crippen MR) is 93.8 cm³/mol. The summed E-state index contributed by atoms with van der Waals surface area (Å²) in [6.45, 7) is 6.27. The van der Waals surface area contributed by atoms with Crippen molar-refractivity contribution in [3.63, 3.8) is 0 Å². The van der Waals surface area contributed by atoms with Crippen LogP contribution in [0, 0.1) is 12.8 Å². The maximum absolute atomic E-state index is 12.2. The summed E-state index contributed by atoms with van der Waals surface area (Å²) in [5, 5.41) is 3.32. The van der Waals surface area contributed by atoms with Crippen LogP contribution in [0.15, 0.2) is 24.3 Å². The molecule has 6 nitrogen and oxygen atoms in total. The van der Waals surface area contributed by atoms with Gasteiger partial charge in [-0.2, -0.15) is 0 Å². The molecule has 1 aliphatic heterocycles. The van der Waals surface area contributed by atoms with Gasteiger partial charge in [-0.3, -0.25) is 20.4 Å². The van der Waals surface area contributed by atoms with Crippen molar-refractivity contribution in [3.05, 3.63) is 29.8 Å². The number of aryl methyl sites for hydroxylation is 1. The van der Waals surface area contributed by atoms with Gasteiger partial charge in [-0.05, 0) is 45.1 Å². The van der Waals surface area contributed by atoms with Crippen LogP contribution in [-0.4, -0.2) is 29.5 Å². The van der Waals surface area contributed by atoms with Crippen molar-refractivity contribution in [3.8, 4) is 0 Å². The number of hydrogen-bond acceptors (Lipinski definition) is 3. The van der Waals surface area contributed by atoms with Gasteiger partial charge in [-0.15, -0.1) is 0 Å². The summed E-state index contributed by atoms with van der Waals surface area (Å²) in [7, 11) is 0. The molecule has 1 atom stereocenters. The van der Waals surface area contributed by atoms with Crippen molar-refractivity contribution in [1.82, 2.24) is 16.2 Å². The van der Waals surface area contributed by atoms with Gasteiger partial charge in [0, 0.05) is 24.7 Å². The van der Waals surface area contributed by atoms with Gasteiger partial charge < -0.3 is 10.2 Å². The first kappa shape index (κ1) is 17.2. The molecule has 1 saturated heterocycles. The molecule has 1 aromatic rings. The Morgan fingerprint density at radius 2 is 1.91 bits per heavy atom. The molecule has 1 unspecified atom stereocenters. The first-order valence-corrected chi connectivity index (χ1v) is 8.01. The van der Waals surface area contributed by atoms with Crippen LogP contribution in [0.1, 0.15) is 25.8 Å². The highest BCUT2D eigenvalue weighted by molar-refractivity contribution is 7.80. The third kappa shape index (κ3) is 4.66. The van der Waals surface area contributed by atoms with E-state index in [2.05, 4.69) is 16.2 Å². The Morgan fingerprint density at radius 1 is 1.26 bits per heavy atom. The molecule has 0 spiro atoms. The third-order valence-electron chi connectivity index (χ3n) is 3.56. The number of benzene rings is 1. The molecule has 2 rings (SSSR count). The largest absolute Gasteiger partial charge is 0.359 e. The van der Waals surface area contributed by atoms with Gasteiger partial charge in [-0.25, -0.2) is 0 Å². The zero-order valence-corrected chi connectivity index (χ0v) is 14.4. The second kappa shape index (κ2) is 7.41. The number of rotatable bonds is 3. The van der Waals surface area contributed by atoms with Gasteiger partial charge in [0.2, 0.25) is 11.8 Å². The number of thiocarbonyl (C=S) groups is 1. The van der Waals surface area contributed by atoms with Crippen LogP contribution < -0.4 is 21.1 Å². The minimum atomic E-state index is -0.391. The number of nitrogens with one attached hydrogen (secondary N) is 3. The van der Waals surface area contributed by atoms with E-state index in [-0.39, 0.29) is 24.3 Å². The van der Waals surface area contributed by atoms with Crippen LogP contribution in [0.3, 0.4) is 0 Å². The lowest BCUT2D eigenvalue weighted by Crippen LogP contribution is -2.50. The Hall–Kier alpha value is -2.15. The summed E-state index contributed by atoms with van der Waals surface area (Å²) in [5.41, 5.74) is 7.17. The average molecular weight is 334 g/mol. The smallest absolute Gasteiger partial charge is 0.243 e. The molecule has 0 aliphatic carbocycles. The number of hydrazine groups is 1. The van der Waals surface area contributed by atoms with Crippen molar-refractivity contribution in [2.24, 2.45) is 5.92 Å². The molecule has 124 valence electrons. The summed E-state index contributed by atoms with van der Waals surface area (Å²) in [6, 6.07) is 7.87. The Morgan fingerprint density at radius 3 is 2.52 bits per heavy atom. The first-order valence-electron chi connectivity index (χ1n) is 7.60. The molecule has 3 N–H and O–H groups in total. The van der Waals surface area contributed by atoms with Crippen LogP contribution in [0.25, 0.3) is 0 Å². The van der Waals surface area contributed by atoms with Crippen LogP contribution in [-0.2, 0) is 9.59 Å². The van der Waals surface area contributed by atoms with Gasteiger partial charge in [-0.1, -0.05) is 17.7 Å². The Bertz CT molecular complexity index is 601. The molecule has 7 heteroatoms. The molecule has 0 saturated carbocycles. The molecule has 1 fully saturated rings. The highest BCUT2D eigenvalue weighted by atomic mass is 32.1. The van der Waals surface area contributed by atoms with Crippen LogP contribution >= 0.6 is 12.2 Å². The van der Waals surface area contributed by atoms with E-state index in [1.54, 1.807) is 4.90 Å².